The maximum atomic E-state index is 5.66. The maximum Gasteiger partial charge on any atom is 0.180 e. The molecule has 0 aromatic carbocycles. The molecule has 18 heavy (non-hydrogen) atoms. The molecule has 0 radical (unpaired) electrons. The minimum Gasteiger partial charge on any atom is -0.375 e. The summed E-state index contributed by atoms with van der Waals surface area (Å²) in [6.07, 6.45) is 3.71. The van der Waals surface area contributed by atoms with Gasteiger partial charge in [-0.2, -0.15) is 11.3 Å². The van der Waals surface area contributed by atoms with E-state index in [-0.39, 0.29) is 0 Å². The van der Waals surface area contributed by atoms with E-state index in [1.165, 1.54) is 29.7 Å². The van der Waals surface area contributed by atoms with Crippen molar-refractivity contribution in [3.8, 4) is 0 Å². The summed E-state index contributed by atoms with van der Waals surface area (Å²) in [5, 5.41) is 7.16. The Morgan fingerprint density at radius 2 is 2.28 bits per heavy atom. The van der Waals surface area contributed by atoms with Crippen LogP contribution in [0.25, 0.3) is 0 Å². The van der Waals surface area contributed by atoms with Crippen molar-refractivity contribution in [2.75, 3.05) is 12.3 Å². The molecule has 0 spiro atoms. The van der Waals surface area contributed by atoms with Gasteiger partial charge in [-0.15, -0.1) is 11.3 Å². The maximum absolute atomic E-state index is 5.66. The quantitative estimate of drug-likeness (QED) is 0.884. The number of nitrogen functional groups attached to an aromatic ring is 1. The van der Waals surface area contributed by atoms with E-state index in [9.17, 15) is 0 Å². The van der Waals surface area contributed by atoms with Crippen LogP contribution in [0.2, 0.25) is 0 Å². The predicted octanol–water partition coefficient (Wildman–Crippen LogP) is 2.99. The Labute approximate surface area is 115 Å². The van der Waals surface area contributed by atoms with Crippen molar-refractivity contribution >= 4 is 27.8 Å². The van der Waals surface area contributed by atoms with Crippen molar-refractivity contribution in [1.82, 2.24) is 9.88 Å². The molecule has 1 aliphatic carbocycles. The normalized spacial score (nSPS) is 15.4. The van der Waals surface area contributed by atoms with E-state index in [1.807, 2.05) is 0 Å². The standard InChI is InChI=1S/C13H17N3S2/c14-13-15-11(9-18-13)3-5-16(12-1-2-12)7-10-4-6-17-8-10/h4,6,8-9,12H,1-3,5,7H2,(H2,14,15). The highest BCUT2D eigenvalue weighted by Gasteiger charge is 2.28. The fourth-order valence-corrected chi connectivity index (χ4v) is 3.40. The van der Waals surface area contributed by atoms with Gasteiger partial charge in [0, 0.05) is 30.9 Å². The number of thiazole rings is 1. The molecule has 3 rings (SSSR count). The number of nitrogens with zero attached hydrogens (tertiary/aromatic N) is 2. The van der Waals surface area contributed by atoms with E-state index in [0.29, 0.717) is 5.13 Å². The number of aromatic nitrogens is 1. The Hall–Kier alpha value is -0.910. The molecule has 0 saturated heterocycles. The smallest absolute Gasteiger partial charge is 0.180 e. The van der Waals surface area contributed by atoms with Gasteiger partial charge in [-0.05, 0) is 35.2 Å². The highest BCUT2D eigenvalue weighted by molar-refractivity contribution is 7.13. The van der Waals surface area contributed by atoms with Gasteiger partial charge in [0.25, 0.3) is 0 Å². The lowest BCUT2D eigenvalue weighted by Crippen LogP contribution is -2.27. The van der Waals surface area contributed by atoms with Gasteiger partial charge in [0.1, 0.15) is 0 Å². The zero-order valence-corrected chi connectivity index (χ0v) is 11.8. The van der Waals surface area contributed by atoms with Crippen LogP contribution in [-0.2, 0) is 13.0 Å². The molecule has 0 bridgehead atoms. The third-order valence-electron chi connectivity index (χ3n) is 3.25. The molecular formula is C13H17N3S2. The zero-order chi connectivity index (χ0) is 12.4. The Morgan fingerprint density at radius 1 is 1.39 bits per heavy atom. The minimum atomic E-state index is 0.681. The molecule has 2 aromatic heterocycles. The van der Waals surface area contributed by atoms with Gasteiger partial charge in [-0.25, -0.2) is 4.98 Å². The van der Waals surface area contributed by atoms with Crippen molar-refractivity contribution < 1.29 is 0 Å². The third-order valence-corrected chi connectivity index (χ3v) is 4.71. The molecule has 96 valence electrons. The Morgan fingerprint density at radius 3 is 2.89 bits per heavy atom. The van der Waals surface area contributed by atoms with E-state index >= 15 is 0 Å². The van der Waals surface area contributed by atoms with Gasteiger partial charge in [0.2, 0.25) is 0 Å². The lowest BCUT2D eigenvalue weighted by Gasteiger charge is -2.20. The number of nitrogens with two attached hydrogens (primary N) is 1. The summed E-state index contributed by atoms with van der Waals surface area (Å²) in [5.74, 6) is 0. The molecule has 2 aromatic rings. The molecule has 2 heterocycles. The van der Waals surface area contributed by atoms with Gasteiger partial charge in [-0.1, -0.05) is 0 Å². The average Bonchev–Trinajstić information content (AvgIpc) is 2.92. The van der Waals surface area contributed by atoms with Crippen molar-refractivity contribution in [3.63, 3.8) is 0 Å². The number of anilines is 1. The first-order valence-electron chi connectivity index (χ1n) is 6.26. The molecule has 1 saturated carbocycles. The third kappa shape index (κ3) is 3.10. The van der Waals surface area contributed by atoms with Gasteiger partial charge in [-0.3, -0.25) is 4.90 Å². The SMILES string of the molecule is Nc1nc(CCN(Cc2ccsc2)C2CC2)cs1. The lowest BCUT2D eigenvalue weighted by molar-refractivity contribution is 0.258. The van der Waals surface area contributed by atoms with Gasteiger partial charge in [0.15, 0.2) is 5.13 Å². The summed E-state index contributed by atoms with van der Waals surface area (Å²) in [4.78, 5) is 6.91. The zero-order valence-electron chi connectivity index (χ0n) is 10.2. The number of hydrogen-bond donors (Lipinski definition) is 1. The monoisotopic (exact) mass is 279 g/mol. The van der Waals surface area contributed by atoms with Crippen LogP contribution >= 0.6 is 22.7 Å². The highest BCUT2D eigenvalue weighted by Crippen LogP contribution is 2.29. The lowest BCUT2D eigenvalue weighted by atomic mass is 10.2. The second-order valence-corrected chi connectivity index (χ2v) is 6.43. The van der Waals surface area contributed by atoms with Crippen LogP contribution < -0.4 is 5.73 Å². The van der Waals surface area contributed by atoms with Crippen LogP contribution in [0.3, 0.4) is 0 Å². The number of thiophene rings is 1. The number of hydrogen-bond acceptors (Lipinski definition) is 5. The Kier molecular flexibility index (Phi) is 3.63. The number of rotatable bonds is 6. The van der Waals surface area contributed by atoms with Gasteiger partial charge in [0.05, 0.1) is 5.69 Å². The molecule has 1 aliphatic rings. The summed E-state index contributed by atoms with van der Waals surface area (Å²) in [7, 11) is 0. The average molecular weight is 279 g/mol. The molecule has 3 nitrogen and oxygen atoms in total. The molecule has 0 aliphatic heterocycles. The fourth-order valence-electron chi connectivity index (χ4n) is 2.14. The first kappa shape index (κ1) is 12.1. The Bertz CT molecular complexity index is 488. The molecule has 0 atom stereocenters. The first-order chi connectivity index (χ1) is 8.81. The van der Waals surface area contributed by atoms with Crippen molar-refractivity contribution in [1.29, 1.82) is 0 Å². The Balaban J connectivity index is 1.57. The minimum absolute atomic E-state index is 0.681. The van der Waals surface area contributed by atoms with E-state index < -0.39 is 0 Å². The van der Waals surface area contributed by atoms with Gasteiger partial charge >= 0.3 is 0 Å². The van der Waals surface area contributed by atoms with Crippen LogP contribution in [0.4, 0.5) is 5.13 Å². The largest absolute Gasteiger partial charge is 0.375 e. The summed E-state index contributed by atoms with van der Waals surface area (Å²) >= 11 is 3.31. The predicted molar refractivity (Wildman–Crippen MR) is 78.0 cm³/mol. The summed E-state index contributed by atoms with van der Waals surface area (Å²) in [6, 6.07) is 3.02. The fraction of sp³-hybridized carbons (Fsp3) is 0.462. The molecule has 0 unspecified atom stereocenters. The molecular weight excluding hydrogens is 262 g/mol. The van der Waals surface area contributed by atoms with Crippen molar-refractivity contribution in [2.24, 2.45) is 0 Å². The van der Waals surface area contributed by atoms with Crippen LogP contribution in [0.5, 0.6) is 0 Å². The van der Waals surface area contributed by atoms with E-state index in [0.717, 1.165) is 31.2 Å². The van der Waals surface area contributed by atoms with Crippen molar-refractivity contribution in [3.05, 3.63) is 33.5 Å². The highest BCUT2D eigenvalue weighted by atomic mass is 32.1. The van der Waals surface area contributed by atoms with Crippen LogP contribution in [0, 0.1) is 0 Å². The van der Waals surface area contributed by atoms with Crippen LogP contribution in [0.15, 0.2) is 22.2 Å². The molecule has 1 fully saturated rings. The summed E-state index contributed by atoms with van der Waals surface area (Å²) in [5.41, 5.74) is 8.23. The molecule has 0 amide bonds. The molecule has 5 heteroatoms. The summed E-state index contributed by atoms with van der Waals surface area (Å²) < 4.78 is 0. The van der Waals surface area contributed by atoms with E-state index in [4.69, 9.17) is 5.73 Å². The van der Waals surface area contributed by atoms with Crippen LogP contribution in [-0.4, -0.2) is 22.5 Å². The van der Waals surface area contributed by atoms with Gasteiger partial charge < -0.3 is 5.73 Å². The van der Waals surface area contributed by atoms with E-state index in [1.54, 1.807) is 11.3 Å². The van der Waals surface area contributed by atoms with Crippen molar-refractivity contribution in [2.45, 2.75) is 31.8 Å². The molecule has 2 N–H and O–H groups in total. The van der Waals surface area contributed by atoms with E-state index in [2.05, 4.69) is 32.1 Å². The first-order valence-corrected chi connectivity index (χ1v) is 8.08. The van der Waals surface area contributed by atoms with Crippen LogP contribution in [0.1, 0.15) is 24.1 Å². The second kappa shape index (κ2) is 5.38. The second-order valence-electron chi connectivity index (χ2n) is 4.76. The topological polar surface area (TPSA) is 42.1 Å². The summed E-state index contributed by atoms with van der Waals surface area (Å²) in [6.45, 7) is 2.16.